The second-order valence-corrected chi connectivity index (χ2v) is 5.53. The molecule has 0 heterocycles. The molecule has 0 atom stereocenters. The molecule has 0 spiro atoms. The van der Waals surface area contributed by atoms with E-state index in [1.807, 2.05) is 0 Å². The molecule has 0 fully saturated rings. The maximum absolute atomic E-state index is 13.8. The third kappa shape index (κ3) is 3.67. The van der Waals surface area contributed by atoms with Gasteiger partial charge < -0.3 is 14.6 Å². The van der Waals surface area contributed by atoms with Crippen molar-refractivity contribution in [3.63, 3.8) is 0 Å². The van der Waals surface area contributed by atoms with Gasteiger partial charge in [0.2, 0.25) is 0 Å². The lowest BCUT2D eigenvalue weighted by Gasteiger charge is -2.14. The van der Waals surface area contributed by atoms with E-state index in [-0.39, 0.29) is 18.2 Å². The Hall–Kier alpha value is -1.30. The monoisotopic (exact) mass is 374 g/mol. The molecule has 0 aliphatic rings. The van der Waals surface area contributed by atoms with E-state index in [0.717, 1.165) is 0 Å². The molecule has 0 amide bonds. The van der Waals surface area contributed by atoms with Crippen LogP contribution in [0.25, 0.3) is 0 Å². The highest BCUT2D eigenvalue weighted by molar-refractivity contribution is 9.10. The van der Waals surface area contributed by atoms with E-state index < -0.39 is 5.82 Å². The van der Waals surface area contributed by atoms with Crippen LogP contribution in [0.2, 0.25) is 5.02 Å². The average Bonchev–Trinajstić information content (AvgIpc) is 2.49. The standard InChI is InChI=1S/C15H13BrClFO3/c1-20-13-6-9(7-19)5-11(16)15(13)21-8-10-3-2-4-12(17)14(10)18/h2-6,19H,7-8H2,1H3. The second kappa shape index (κ2) is 7.11. The molecule has 0 aliphatic carbocycles. The van der Waals surface area contributed by atoms with Crippen molar-refractivity contribution in [3.05, 3.63) is 56.8 Å². The molecule has 0 bridgehead atoms. The molecule has 2 aromatic carbocycles. The number of aliphatic hydroxyl groups is 1. The van der Waals surface area contributed by atoms with Gasteiger partial charge in [0.15, 0.2) is 11.5 Å². The molecule has 0 radical (unpaired) electrons. The average molecular weight is 376 g/mol. The highest BCUT2D eigenvalue weighted by atomic mass is 79.9. The maximum atomic E-state index is 13.8. The molecule has 0 aromatic heterocycles. The highest BCUT2D eigenvalue weighted by Crippen LogP contribution is 2.37. The van der Waals surface area contributed by atoms with Crippen molar-refractivity contribution in [1.82, 2.24) is 0 Å². The number of hydrogen-bond donors (Lipinski definition) is 1. The molecule has 0 saturated heterocycles. The van der Waals surface area contributed by atoms with E-state index >= 15 is 0 Å². The third-order valence-electron chi connectivity index (χ3n) is 2.88. The van der Waals surface area contributed by atoms with Crippen molar-refractivity contribution in [2.45, 2.75) is 13.2 Å². The van der Waals surface area contributed by atoms with E-state index in [0.29, 0.717) is 27.1 Å². The number of ether oxygens (including phenoxy) is 2. The smallest absolute Gasteiger partial charge is 0.175 e. The predicted molar refractivity (Wildman–Crippen MR) is 82.4 cm³/mol. The number of rotatable bonds is 5. The zero-order chi connectivity index (χ0) is 15.4. The molecule has 0 saturated carbocycles. The number of aliphatic hydroxyl groups excluding tert-OH is 1. The first-order valence-electron chi connectivity index (χ1n) is 6.09. The van der Waals surface area contributed by atoms with Gasteiger partial charge in [0.1, 0.15) is 12.4 Å². The number of hydrogen-bond acceptors (Lipinski definition) is 3. The Balaban J connectivity index is 2.25. The van der Waals surface area contributed by atoms with Crippen LogP contribution in [-0.2, 0) is 13.2 Å². The molecule has 1 N–H and O–H groups in total. The molecule has 21 heavy (non-hydrogen) atoms. The van der Waals surface area contributed by atoms with Crippen molar-refractivity contribution >= 4 is 27.5 Å². The van der Waals surface area contributed by atoms with Gasteiger partial charge in [-0.1, -0.05) is 23.7 Å². The lowest BCUT2D eigenvalue weighted by molar-refractivity contribution is 0.270. The molecule has 0 unspecified atom stereocenters. The van der Waals surface area contributed by atoms with Gasteiger partial charge >= 0.3 is 0 Å². The Kier molecular flexibility index (Phi) is 5.45. The first-order chi connectivity index (χ1) is 10.1. The molecular formula is C15H13BrClFO3. The van der Waals surface area contributed by atoms with Gasteiger partial charge in [-0.3, -0.25) is 0 Å². The molecule has 3 nitrogen and oxygen atoms in total. The molecular weight excluding hydrogens is 363 g/mol. The number of benzene rings is 2. The molecule has 2 rings (SSSR count). The highest BCUT2D eigenvalue weighted by Gasteiger charge is 2.13. The summed E-state index contributed by atoms with van der Waals surface area (Å²) in [5, 5.41) is 9.22. The van der Waals surface area contributed by atoms with Crippen LogP contribution in [0.5, 0.6) is 11.5 Å². The lowest BCUT2D eigenvalue weighted by atomic mass is 10.2. The largest absolute Gasteiger partial charge is 0.493 e. The topological polar surface area (TPSA) is 38.7 Å². The Morgan fingerprint density at radius 3 is 2.76 bits per heavy atom. The van der Waals surface area contributed by atoms with Crippen LogP contribution in [0.3, 0.4) is 0 Å². The van der Waals surface area contributed by atoms with Crippen molar-refractivity contribution < 1.29 is 19.0 Å². The summed E-state index contributed by atoms with van der Waals surface area (Å²) in [6.45, 7) is -0.0992. The summed E-state index contributed by atoms with van der Waals surface area (Å²) < 4.78 is 25.3. The van der Waals surface area contributed by atoms with Gasteiger partial charge in [0.25, 0.3) is 0 Å². The van der Waals surface area contributed by atoms with Crippen LogP contribution in [0.15, 0.2) is 34.8 Å². The maximum Gasteiger partial charge on any atom is 0.175 e. The predicted octanol–water partition coefficient (Wildman–Crippen LogP) is 4.32. The van der Waals surface area contributed by atoms with Gasteiger partial charge in [-0.15, -0.1) is 0 Å². The van der Waals surface area contributed by atoms with E-state index in [2.05, 4.69) is 15.9 Å². The van der Waals surface area contributed by atoms with Gasteiger partial charge in [0.05, 0.1) is 23.2 Å². The van der Waals surface area contributed by atoms with Crippen LogP contribution in [0.1, 0.15) is 11.1 Å². The summed E-state index contributed by atoms with van der Waals surface area (Å²) in [5.41, 5.74) is 1.03. The number of methoxy groups -OCH3 is 1. The van der Waals surface area contributed by atoms with Crippen LogP contribution < -0.4 is 9.47 Å². The van der Waals surface area contributed by atoms with Gasteiger partial charge in [-0.05, 0) is 39.7 Å². The minimum Gasteiger partial charge on any atom is -0.493 e. The first kappa shape index (κ1) is 16.1. The lowest BCUT2D eigenvalue weighted by Crippen LogP contribution is -2.02. The van der Waals surface area contributed by atoms with Crippen LogP contribution in [-0.4, -0.2) is 12.2 Å². The zero-order valence-corrected chi connectivity index (χ0v) is 13.5. The van der Waals surface area contributed by atoms with Gasteiger partial charge in [0, 0.05) is 5.56 Å². The minimum atomic E-state index is -0.499. The summed E-state index contributed by atoms with van der Waals surface area (Å²) in [4.78, 5) is 0. The van der Waals surface area contributed by atoms with Crippen molar-refractivity contribution in [2.24, 2.45) is 0 Å². The van der Waals surface area contributed by atoms with Crippen molar-refractivity contribution in [3.8, 4) is 11.5 Å². The Bertz CT molecular complexity index is 649. The second-order valence-electron chi connectivity index (χ2n) is 4.27. The van der Waals surface area contributed by atoms with Crippen LogP contribution >= 0.6 is 27.5 Å². The summed E-state index contributed by atoms with van der Waals surface area (Å²) in [6, 6.07) is 8.11. The van der Waals surface area contributed by atoms with Gasteiger partial charge in [-0.25, -0.2) is 4.39 Å². The Morgan fingerprint density at radius 2 is 2.10 bits per heavy atom. The Labute approximate surface area is 135 Å². The van der Waals surface area contributed by atoms with E-state index in [9.17, 15) is 4.39 Å². The summed E-state index contributed by atoms with van der Waals surface area (Å²) in [6.07, 6.45) is 0. The zero-order valence-electron chi connectivity index (χ0n) is 11.2. The van der Waals surface area contributed by atoms with E-state index in [1.54, 1.807) is 24.3 Å². The fourth-order valence-electron chi connectivity index (χ4n) is 1.81. The van der Waals surface area contributed by atoms with Crippen molar-refractivity contribution in [1.29, 1.82) is 0 Å². The van der Waals surface area contributed by atoms with E-state index in [1.165, 1.54) is 13.2 Å². The van der Waals surface area contributed by atoms with Crippen LogP contribution in [0, 0.1) is 5.82 Å². The van der Waals surface area contributed by atoms with Crippen molar-refractivity contribution in [2.75, 3.05) is 7.11 Å². The third-order valence-corrected chi connectivity index (χ3v) is 3.76. The minimum absolute atomic E-state index is 0.0137. The first-order valence-corrected chi connectivity index (χ1v) is 7.27. The fraction of sp³-hybridized carbons (Fsp3) is 0.200. The van der Waals surface area contributed by atoms with Crippen LogP contribution in [0.4, 0.5) is 4.39 Å². The Morgan fingerprint density at radius 1 is 1.33 bits per heavy atom. The summed E-state index contributed by atoms with van der Waals surface area (Å²) in [7, 11) is 1.50. The fourth-order valence-corrected chi connectivity index (χ4v) is 2.61. The number of halogens is 3. The van der Waals surface area contributed by atoms with E-state index in [4.69, 9.17) is 26.2 Å². The quantitative estimate of drug-likeness (QED) is 0.846. The normalized spacial score (nSPS) is 10.5. The SMILES string of the molecule is COc1cc(CO)cc(Br)c1OCc1cccc(Cl)c1F. The van der Waals surface area contributed by atoms with Gasteiger partial charge in [-0.2, -0.15) is 0 Å². The molecule has 112 valence electrons. The molecule has 0 aliphatic heterocycles. The molecule has 6 heteroatoms. The summed E-state index contributed by atoms with van der Waals surface area (Å²) >= 11 is 9.08. The molecule has 2 aromatic rings. The summed E-state index contributed by atoms with van der Waals surface area (Å²) in [5.74, 6) is 0.395.